The minimum Gasteiger partial charge on any atom is -0.494 e. The maximum atomic E-state index is 12.1. The molecule has 0 spiro atoms. The first-order chi connectivity index (χ1) is 14.5. The minimum atomic E-state index is 0.0168. The Morgan fingerprint density at radius 2 is 1.83 bits per heavy atom. The highest BCUT2D eigenvalue weighted by Crippen LogP contribution is 2.13. The Morgan fingerprint density at radius 3 is 2.57 bits per heavy atom. The molecule has 30 heavy (non-hydrogen) atoms. The Morgan fingerprint density at radius 1 is 1.07 bits per heavy atom. The second kappa shape index (κ2) is 12.5. The van der Waals surface area contributed by atoms with Gasteiger partial charge in [-0.05, 0) is 48.2 Å². The lowest BCUT2D eigenvalue weighted by atomic mass is 10.1. The second-order valence-corrected chi connectivity index (χ2v) is 7.35. The van der Waals surface area contributed by atoms with E-state index in [1.54, 1.807) is 26.0 Å². The fourth-order valence-corrected chi connectivity index (χ4v) is 2.93. The summed E-state index contributed by atoms with van der Waals surface area (Å²) in [6, 6.07) is 15.9. The van der Waals surface area contributed by atoms with Crippen molar-refractivity contribution in [3.8, 4) is 5.75 Å². The van der Waals surface area contributed by atoms with E-state index in [9.17, 15) is 4.79 Å². The molecule has 0 heterocycles. The van der Waals surface area contributed by atoms with Gasteiger partial charge in [0.15, 0.2) is 5.96 Å². The van der Waals surface area contributed by atoms with Crippen LogP contribution >= 0.6 is 0 Å². The maximum Gasteiger partial charge on any atom is 0.253 e. The lowest BCUT2D eigenvalue weighted by molar-refractivity contribution is 0.0827. The Labute approximate surface area is 180 Å². The van der Waals surface area contributed by atoms with Crippen molar-refractivity contribution in [2.75, 3.05) is 34.3 Å². The van der Waals surface area contributed by atoms with Crippen LogP contribution in [-0.4, -0.2) is 51.1 Å². The number of aliphatic imine (C=N–C) groups is 1. The van der Waals surface area contributed by atoms with Crippen LogP contribution in [0.5, 0.6) is 5.75 Å². The van der Waals surface area contributed by atoms with Crippen LogP contribution in [-0.2, 0) is 13.0 Å². The van der Waals surface area contributed by atoms with Crippen LogP contribution in [0, 0.1) is 0 Å². The summed E-state index contributed by atoms with van der Waals surface area (Å²) in [6.07, 6.45) is 2.99. The molecule has 0 fully saturated rings. The highest BCUT2D eigenvalue weighted by atomic mass is 16.5. The van der Waals surface area contributed by atoms with Gasteiger partial charge in [0, 0.05) is 39.8 Å². The van der Waals surface area contributed by atoms with E-state index in [2.05, 4.69) is 34.7 Å². The van der Waals surface area contributed by atoms with E-state index in [0.717, 1.165) is 55.3 Å². The number of hydrogen-bond donors (Lipinski definition) is 2. The largest absolute Gasteiger partial charge is 0.494 e. The highest BCUT2D eigenvalue weighted by molar-refractivity contribution is 5.94. The molecule has 0 bridgehead atoms. The molecule has 0 atom stereocenters. The number of nitrogens with zero attached hydrogens (tertiary/aromatic N) is 2. The molecule has 2 aromatic rings. The Hall–Kier alpha value is -3.02. The second-order valence-electron chi connectivity index (χ2n) is 7.35. The summed E-state index contributed by atoms with van der Waals surface area (Å²) < 4.78 is 5.77. The number of benzene rings is 2. The van der Waals surface area contributed by atoms with Crippen molar-refractivity contribution in [1.82, 2.24) is 15.5 Å². The van der Waals surface area contributed by atoms with E-state index in [1.807, 2.05) is 36.4 Å². The van der Waals surface area contributed by atoms with Gasteiger partial charge in [0.05, 0.1) is 6.61 Å². The lowest BCUT2D eigenvalue weighted by Gasteiger charge is -2.14. The van der Waals surface area contributed by atoms with Gasteiger partial charge in [-0.15, -0.1) is 0 Å². The van der Waals surface area contributed by atoms with Crippen LogP contribution in [0.25, 0.3) is 0 Å². The van der Waals surface area contributed by atoms with Crippen molar-refractivity contribution in [1.29, 1.82) is 0 Å². The summed E-state index contributed by atoms with van der Waals surface area (Å²) in [7, 11) is 5.29. The van der Waals surface area contributed by atoms with E-state index >= 15 is 0 Å². The van der Waals surface area contributed by atoms with Gasteiger partial charge in [0.25, 0.3) is 5.91 Å². The molecule has 0 radical (unpaired) electrons. The smallest absolute Gasteiger partial charge is 0.253 e. The van der Waals surface area contributed by atoms with Crippen LogP contribution in [0.2, 0.25) is 0 Å². The topological polar surface area (TPSA) is 66.0 Å². The van der Waals surface area contributed by atoms with Crippen LogP contribution < -0.4 is 15.4 Å². The number of rotatable bonds is 10. The molecule has 0 aliphatic heterocycles. The van der Waals surface area contributed by atoms with E-state index in [-0.39, 0.29) is 5.91 Å². The van der Waals surface area contributed by atoms with Crippen molar-refractivity contribution >= 4 is 11.9 Å². The van der Waals surface area contributed by atoms with E-state index in [1.165, 1.54) is 0 Å². The third-order valence-electron chi connectivity index (χ3n) is 4.63. The molecular weight excluding hydrogens is 376 g/mol. The van der Waals surface area contributed by atoms with Gasteiger partial charge in [-0.2, -0.15) is 0 Å². The molecule has 6 nitrogen and oxygen atoms in total. The molecule has 0 aromatic heterocycles. The number of hydrogen-bond acceptors (Lipinski definition) is 3. The predicted molar refractivity (Wildman–Crippen MR) is 123 cm³/mol. The molecule has 1 amide bonds. The number of nitrogens with one attached hydrogen (secondary N) is 2. The van der Waals surface area contributed by atoms with Crippen molar-refractivity contribution in [2.45, 2.75) is 32.7 Å². The van der Waals surface area contributed by atoms with E-state index in [4.69, 9.17) is 4.74 Å². The van der Waals surface area contributed by atoms with Gasteiger partial charge in [0.1, 0.15) is 5.75 Å². The van der Waals surface area contributed by atoms with Crippen LogP contribution in [0.4, 0.5) is 0 Å². The van der Waals surface area contributed by atoms with Gasteiger partial charge >= 0.3 is 0 Å². The zero-order valence-corrected chi connectivity index (χ0v) is 18.6. The molecule has 6 heteroatoms. The number of unbranched alkanes of at least 4 members (excludes halogenated alkanes) is 1. The molecule has 2 aromatic carbocycles. The average molecular weight is 411 g/mol. The standard InChI is InChI=1S/C24H34N4O2/c1-5-6-15-30-22-12-8-10-20(17-22)18-27-24(25-2)26-14-13-19-9-7-11-21(16-19)23(29)28(3)4/h7-12,16-17H,5-6,13-15,18H2,1-4H3,(H2,25,26,27). The monoisotopic (exact) mass is 410 g/mol. The van der Waals surface area contributed by atoms with Crippen molar-refractivity contribution in [2.24, 2.45) is 4.99 Å². The normalized spacial score (nSPS) is 11.1. The molecule has 2 rings (SSSR count). The lowest BCUT2D eigenvalue weighted by Crippen LogP contribution is -2.37. The first kappa shape index (κ1) is 23.3. The summed E-state index contributed by atoms with van der Waals surface area (Å²) in [5.74, 6) is 1.66. The quantitative estimate of drug-likeness (QED) is 0.358. The minimum absolute atomic E-state index is 0.0168. The van der Waals surface area contributed by atoms with E-state index < -0.39 is 0 Å². The van der Waals surface area contributed by atoms with Crippen LogP contribution in [0.15, 0.2) is 53.5 Å². The van der Waals surface area contributed by atoms with Crippen molar-refractivity contribution in [3.63, 3.8) is 0 Å². The number of guanidine groups is 1. The molecular formula is C24H34N4O2. The molecule has 162 valence electrons. The van der Waals surface area contributed by atoms with Crippen LogP contribution in [0.3, 0.4) is 0 Å². The van der Waals surface area contributed by atoms with Gasteiger partial charge in [-0.1, -0.05) is 37.6 Å². The molecule has 0 aliphatic carbocycles. The molecule has 0 saturated heterocycles. The van der Waals surface area contributed by atoms with Crippen molar-refractivity contribution < 1.29 is 9.53 Å². The molecule has 0 aliphatic rings. The number of amides is 1. The Balaban J connectivity index is 1.81. The SMILES string of the molecule is CCCCOc1cccc(CNC(=NC)NCCc2cccc(C(=O)N(C)C)c2)c1. The zero-order valence-electron chi connectivity index (χ0n) is 18.6. The first-order valence-corrected chi connectivity index (χ1v) is 10.5. The van der Waals surface area contributed by atoms with Gasteiger partial charge < -0.3 is 20.3 Å². The summed E-state index contributed by atoms with van der Waals surface area (Å²) >= 11 is 0. The first-order valence-electron chi connectivity index (χ1n) is 10.5. The number of ether oxygens (including phenoxy) is 1. The zero-order chi connectivity index (χ0) is 21.8. The fourth-order valence-electron chi connectivity index (χ4n) is 2.93. The predicted octanol–water partition coefficient (Wildman–Crippen LogP) is 3.48. The van der Waals surface area contributed by atoms with Gasteiger partial charge in [-0.25, -0.2) is 0 Å². The summed E-state index contributed by atoms with van der Waals surface area (Å²) in [5.41, 5.74) is 2.96. The third kappa shape index (κ3) is 7.78. The number of carbonyl (C=O) groups is 1. The Kier molecular flexibility index (Phi) is 9.71. The molecule has 0 unspecified atom stereocenters. The maximum absolute atomic E-state index is 12.1. The molecule has 0 saturated carbocycles. The third-order valence-corrected chi connectivity index (χ3v) is 4.63. The fraction of sp³-hybridized carbons (Fsp3) is 0.417. The van der Waals surface area contributed by atoms with Gasteiger partial charge in [0.2, 0.25) is 0 Å². The number of carbonyl (C=O) groups excluding carboxylic acids is 1. The van der Waals surface area contributed by atoms with Gasteiger partial charge in [-0.3, -0.25) is 9.79 Å². The summed E-state index contributed by atoms with van der Waals surface area (Å²) in [5, 5.41) is 6.66. The van der Waals surface area contributed by atoms with Crippen LogP contribution in [0.1, 0.15) is 41.3 Å². The highest BCUT2D eigenvalue weighted by Gasteiger charge is 2.08. The average Bonchev–Trinajstić information content (AvgIpc) is 2.76. The van der Waals surface area contributed by atoms with E-state index in [0.29, 0.717) is 12.1 Å². The summed E-state index contributed by atoms with van der Waals surface area (Å²) in [4.78, 5) is 18.0. The summed E-state index contributed by atoms with van der Waals surface area (Å²) in [6.45, 7) is 4.29. The Bertz CT molecular complexity index is 833. The molecule has 2 N–H and O–H groups in total. The van der Waals surface area contributed by atoms with Crippen molar-refractivity contribution in [3.05, 3.63) is 65.2 Å².